The predicted molar refractivity (Wildman–Crippen MR) is 166 cm³/mol. The van der Waals surface area contributed by atoms with Gasteiger partial charge in [-0.25, -0.2) is 4.57 Å². The van der Waals surface area contributed by atoms with Crippen molar-refractivity contribution in [2.24, 2.45) is 0 Å². The summed E-state index contributed by atoms with van der Waals surface area (Å²) < 4.78 is 22.3. The number of nitrogens with zero attached hydrogens (tertiary/aromatic N) is 1. The van der Waals surface area contributed by atoms with Crippen molar-refractivity contribution in [3.63, 3.8) is 0 Å². The summed E-state index contributed by atoms with van der Waals surface area (Å²) in [7, 11) is -3.88. The standard InChI is InChI=1S/C32H68NO4P/c1-4-7-10-13-16-18-23-28-33(29-24-19-17-14-11-8-5-2)30-25-20-22-27-32-37-38(34,35)36-31-26-21-15-12-9-6-3/h4-32H2,1-3H3,(H,34,35). The highest BCUT2D eigenvalue weighted by Crippen LogP contribution is 2.43. The number of rotatable bonds is 32. The maximum absolute atomic E-state index is 12.0. The highest BCUT2D eigenvalue weighted by atomic mass is 31.2. The number of hydrogen-bond donors (Lipinski definition) is 1. The molecule has 0 aliphatic heterocycles. The van der Waals surface area contributed by atoms with E-state index in [2.05, 4.69) is 25.7 Å². The van der Waals surface area contributed by atoms with Gasteiger partial charge in [-0.2, -0.15) is 0 Å². The molecule has 0 aromatic heterocycles. The molecule has 0 aromatic rings. The average Bonchev–Trinajstić information content (AvgIpc) is 2.90. The highest BCUT2D eigenvalue weighted by Gasteiger charge is 2.20. The first-order valence-corrected chi connectivity index (χ1v) is 18.4. The number of hydrogen-bond acceptors (Lipinski definition) is 4. The molecule has 0 aliphatic rings. The van der Waals surface area contributed by atoms with Gasteiger partial charge in [-0.15, -0.1) is 0 Å². The van der Waals surface area contributed by atoms with Gasteiger partial charge in [0.05, 0.1) is 13.2 Å². The zero-order valence-electron chi connectivity index (χ0n) is 26.1. The van der Waals surface area contributed by atoms with E-state index in [0.29, 0.717) is 13.2 Å². The summed E-state index contributed by atoms with van der Waals surface area (Å²) in [6.45, 7) is 11.1. The van der Waals surface area contributed by atoms with E-state index in [4.69, 9.17) is 9.05 Å². The Labute approximate surface area is 238 Å². The van der Waals surface area contributed by atoms with Crippen molar-refractivity contribution in [1.82, 2.24) is 4.90 Å². The first-order valence-electron chi connectivity index (χ1n) is 16.9. The van der Waals surface area contributed by atoms with Crippen molar-refractivity contribution in [3.8, 4) is 0 Å². The molecule has 0 bridgehead atoms. The maximum Gasteiger partial charge on any atom is 0.472 e. The van der Waals surface area contributed by atoms with Crippen molar-refractivity contribution in [1.29, 1.82) is 0 Å². The van der Waals surface area contributed by atoms with Gasteiger partial charge in [-0.05, 0) is 51.7 Å². The molecule has 0 fully saturated rings. The molecule has 0 saturated carbocycles. The Morgan fingerprint density at radius 1 is 0.447 bits per heavy atom. The summed E-state index contributed by atoms with van der Waals surface area (Å²) in [4.78, 5) is 12.6. The Morgan fingerprint density at radius 3 is 1.03 bits per heavy atom. The van der Waals surface area contributed by atoms with E-state index in [9.17, 15) is 9.46 Å². The van der Waals surface area contributed by atoms with Crippen molar-refractivity contribution >= 4 is 7.82 Å². The monoisotopic (exact) mass is 561 g/mol. The molecule has 1 N–H and O–H groups in total. The molecule has 1 atom stereocenters. The van der Waals surface area contributed by atoms with Crippen LogP contribution in [0.3, 0.4) is 0 Å². The quantitative estimate of drug-likeness (QED) is 0.0654. The molecule has 5 nitrogen and oxygen atoms in total. The lowest BCUT2D eigenvalue weighted by Crippen LogP contribution is -2.27. The van der Waals surface area contributed by atoms with Crippen LogP contribution in [0.2, 0.25) is 0 Å². The lowest BCUT2D eigenvalue weighted by Gasteiger charge is -2.22. The van der Waals surface area contributed by atoms with Gasteiger partial charge >= 0.3 is 7.82 Å². The summed E-state index contributed by atoms with van der Waals surface area (Å²) in [5.74, 6) is 0. The van der Waals surface area contributed by atoms with Crippen LogP contribution in [0.4, 0.5) is 0 Å². The minimum atomic E-state index is -3.88. The van der Waals surface area contributed by atoms with Crippen LogP contribution in [-0.4, -0.2) is 42.6 Å². The third-order valence-electron chi connectivity index (χ3n) is 7.53. The van der Waals surface area contributed by atoms with E-state index in [1.54, 1.807) is 0 Å². The Balaban J connectivity index is 3.95. The average molecular weight is 562 g/mol. The minimum Gasteiger partial charge on any atom is -0.303 e. The Hall–Kier alpha value is 0.0700. The van der Waals surface area contributed by atoms with Crippen LogP contribution in [-0.2, 0) is 13.6 Å². The second-order valence-corrected chi connectivity index (χ2v) is 12.9. The molecular weight excluding hydrogens is 493 g/mol. The number of phosphoric ester groups is 1. The van der Waals surface area contributed by atoms with Gasteiger partial charge in [0.2, 0.25) is 0 Å². The van der Waals surface area contributed by atoms with Crippen LogP contribution in [0, 0.1) is 0 Å². The number of phosphoric acid groups is 1. The predicted octanol–water partition coefficient (Wildman–Crippen LogP) is 10.8. The van der Waals surface area contributed by atoms with E-state index in [0.717, 1.165) is 32.1 Å². The smallest absolute Gasteiger partial charge is 0.303 e. The fourth-order valence-corrected chi connectivity index (χ4v) is 5.79. The minimum absolute atomic E-state index is 0.310. The summed E-state index contributed by atoms with van der Waals surface area (Å²) >= 11 is 0. The van der Waals surface area contributed by atoms with Crippen LogP contribution < -0.4 is 0 Å². The lowest BCUT2D eigenvalue weighted by atomic mass is 10.1. The van der Waals surface area contributed by atoms with Crippen LogP contribution in [0.1, 0.15) is 175 Å². The molecule has 38 heavy (non-hydrogen) atoms. The van der Waals surface area contributed by atoms with Crippen LogP contribution >= 0.6 is 7.82 Å². The van der Waals surface area contributed by atoms with Gasteiger partial charge in [0.25, 0.3) is 0 Å². The second kappa shape index (κ2) is 30.0. The molecule has 0 heterocycles. The maximum atomic E-state index is 12.0. The fraction of sp³-hybridized carbons (Fsp3) is 1.00. The van der Waals surface area contributed by atoms with Crippen molar-refractivity contribution in [2.45, 2.75) is 175 Å². The van der Waals surface area contributed by atoms with E-state index >= 15 is 0 Å². The molecule has 0 amide bonds. The second-order valence-electron chi connectivity index (χ2n) is 11.4. The first kappa shape index (κ1) is 38.1. The first-order chi connectivity index (χ1) is 18.6. The van der Waals surface area contributed by atoms with E-state index in [1.165, 1.54) is 142 Å². The molecule has 1 unspecified atom stereocenters. The molecule has 0 spiro atoms. The molecule has 6 heteroatoms. The van der Waals surface area contributed by atoms with Crippen LogP contribution in [0.5, 0.6) is 0 Å². The van der Waals surface area contributed by atoms with E-state index < -0.39 is 7.82 Å². The SMILES string of the molecule is CCCCCCCCCN(CCCCCCCCC)CCCCCCOP(=O)(O)OCCCCCCCC. The molecule has 0 aromatic carbocycles. The van der Waals surface area contributed by atoms with Crippen LogP contribution in [0.25, 0.3) is 0 Å². The zero-order valence-corrected chi connectivity index (χ0v) is 27.0. The molecule has 0 aliphatic carbocycles. The highest BCUT2D eigenvalue weighted by molar-refractivity contribution is 7.47. The van der Waals surface area contributed by atoms with Gasteiger partial charge in [0.15, 0.2) is 0 Å². The molecular formula is C32H68NO4P. The van der Waals surface area contributed by atoms with Gasteiger partial charge < -0.3 is 9.79 Å². The van der Waals surface area contributed by atoms with Crippen molar-refractivity contribution in [2.75, 3.05) is 32.8 Å². The van der Waals surface area contributed by atoms with Crippen molar-refractivity contribution in [3.05, 3.63) is 0 Å². The van der Waals surface area contributed by atoms with Gasteiger partial charge in [-0.1, -0.05) is 143 Å². The Morgan fingerprint density at radius 2 is 0.711 bits per heavy atom. The summed E-state index contributed by atoms with van der Waals surface area (Å²) in [6, 6.07) is 0. The largest absolute Gasteiger partial charge is 0.472 e. The molecule has 0 saturated heterocycles. The zero-order chi connectivity index (χ0) is 28.0. The van der Waals surface area contributed by atoms with Gasteiger partial charge in [0.1, 0.15) is 0 Å². The normalized spacial score (nSPS) is 13.4. The lowest BCUT2D eigenvalue weighted by molar-refractivity contribution is 0.145. The topological polar surface area (TPSA) is 59.0 Å². The van der Waals surface area contributed by atoms with Gasteiger partial charge in [0, 0.05) is 0 Å². The number of unbranched alkanes of at least 4 members (excludes halogenated alkanes) is 20. The van der Waals surface area contributed by atoms with Crippen molar-refractivity contribution < 1.29 is 18.5 Å². The Kier molecular flexibility index (Phi) is 30.1. The van der Waals surface area contributed by atoms with Crippen LogP contribution in [0.15, 0.2) is 0 Å². The third kappa shape index (κ3) is 29.1. The molecule has 0 radical (unpaired) electrons. The molecule has 0 rings (SSSR count). The summed E-state index contributed by atoms with van der Waals surface area (Å²) in [6.07, 6.45) is 30.2. The summed E-state index contributed by atoms with van der Waals surface area (Å²) in [5, 5.41) is 0. The Bertz CT molecular complexity index is 488. The van der Waals surface area contributed by atoms with Gasteiger partial charge in [-0.3, -0.25) is 9.05 Å². The molecule has 230 valence electrons. The fourth-order valence-electron chi connectivity index (χ4n) is 4.99. The third-order valence-corrected chi connectivity index (χ3v) is 8.55. The van der Waals surface area contributed by atoms with E-state index in [1.807, 2.05) is 0 Å². The van der Waals surface area contributed by atoms with E-state index in [-0.39, 0.29) is 0 Å². The summed E-state index contributed by atoms with van der Waals surface area (Å²) in [5.41, 5.74) is 0.